The third-order valence-electron chi connectivity index (χ3n) is 6.19. The summed E-state index contributed by atoms with van der Waals surface area (Å²) in [5.74, 6) is -0.959. The summed E-state index contributed by atoms with van der Waals surface area (Å²) in [5.41, 5.74) is -1.11. The van der Waals surface area contributed by atoms with Crippen molar-refractivity contribution in [2.45, 2.75) is 84.2 Å². The van der Waals surface area contributed by atoms with Crippen LogP contribution in [-0.2, 0) is 34.7 Å². The molecule has 1 aromatic carbocycles. The molecule has 0 bridgehead atoms. The summed E-state index contributed by atoms with van der Waals surface area (Å²) in [6.45, 7) is 12.2. The number of aromatic nitrogens is 2. The van der Waals surface area contributed by atoms with Gasteiger partial charge in [-0.25, -0.2) is 4.79 Å². The van der Waals surface area contributed by atoms with Crippen molar-refractivity contribution in [2.75, 3.05) is 19.8 Å². The molecule has 0 spiro atoms. The largest absolute Gasteiger partial charge is 0.491 e. The second-order valence-electron chi connectivity index (χ2n) is 11.8. The van der Waals surface area contributed by atoms with Gasteiger partial charge in [0.15, 0.2) is 5.49 Å². The fourth-order valence-electron chi connectivity index (χ4n) is 4.35. The SMILES string of the molecule is Cn1c(C(C)(C)C)c/c(=N\C(=O)c2cc(C(F)(F)F)ccc2OCCNC(=O)OC(C)(C)C)n1C[C@H]1CCCO1. The third kappa shape index (κ3) is 8.36. The van der Waals surface area contributed by atoms with Crippen molar-refractivity contribution in [1.82, 2.24) is 14.7 Å². The number of carbonyl (C=O) groups excluding carboxylic acids is 2. The first kappa shape index (κ1) is 31.3. The maximum Gasteiger partial charge on any atom is 0.416 e. The number of rotatable bonds is 7. The lowest BCUT2D eigenvalue weighted by Gasteiger charge is -2.21. The molecule has 40 heavy (non-hydrogen) atoms. The van der Waals surface area contributed by atoms with Gasteiger partial charge < -0.3 is 19.5 Å². The maximum absolute atomic E-state index is 13.5. The molecule has 1 aliphatic heterocycles. The minimum Gasteiger partial charge on any atom is -0.491 e. The van der Waals surface area contributed by atoms with Gasteiger partial charge in [-0.3, -0.25) is 14.2 Å². The van der Waals surface area contributed by atoms with Crippen LogP contribution in [0.1, 0.15) is 76.0 Å². The van der Waals surface area contributed by atoms with Crippen molar-refractivity contribution < 1.29 is 37.0 Å². The Labute approximate surface area is 232 Å². The van der Waals surface area contributed by atoms with Gasteiger partial charge >= 0.3 is 12.3 Å². The highest BCUT2D eigenvalue weighted by molar-refractivity contribution is 5.97. The standard InChI is InChI=1S/C28H39F3N4O5/c1-26(2,3)22-16-23(35(34(22)7)17-19-9-8-13-38-19)33-24(36)20-15-18(28(29,30)31)10-11-21(20)39-14-12-32-25(37)40-27(4,5)6/h10-11,15-16,19H,8-9,12-14,17H2,1-7H3,(H,32,37)/b33-23+/t19-/m1/s1. The van der Waals surface area contributed by atoms with Crippen LogP contribution in [0.5, 0.6) is 5.75 Å². The molecular weight excluding hydrogens is 529 g/mol. The predicted molar refractivity (Wildman–Crippen MR) is 142 cm³/mol. The fraction of sp³-hybridized carbons (Fsp3) is 0.607. The van der Waals surface area contributed by atoms with E-state index >= 15 is 0 Å². The average Bonchev–Trinajstić information content (AvgIpc) is 3.43. The molecule has 1 atom stereocenters. The van der Waals surface area contributed by atoms with Crippen molar-refractivity contribution in [3.63, 3.8) is 0 Å². The number of hydrogen-bond acceptors (Lipinski definition) is 5. The third-order valence-corrected chi connectivity index (χ3v) is 6.19. The van der Waals surface area contributed by atoms with Gasteiger partial charge in [-0.1, -0.05) is 20.8 Å². The highest BCUT2D eigenvalue weighted by atomic mass is 19.4. The Morgan fingerprint density at radius 2 is 1.82 bits per heavy atom. The summed E-state index contributed by atoms with van der Waals surface area (Å²) in [7, 11) is 1.86. The summed E-state index contributed by atoms with van der Waals surface area (Å²) in [4.78, 5) is 29.5. The van der Waals surface area contributed by atoms with Gasteiger partial charge in [0.25, 0.3) is 5.91 Å². The van der Waals surface area contributed by atoms with E-state index in [0.29, 0.717) is 18.6 Å². The smallest absolute Gasteiger partial charge is 0.416 e. The molecule has 0 saturated carbocycles. The Morgan fingerprint density at radius 1 is 1.12 bits per heavy atom. The number of carbonyl (C=O) groups is 2. The minimum absolute atomic E-state index is 0.00965. The van der Waals surface area contributed by atoms with E-state index in [1.54, 1.807) is 26.8 Å². The summed E-state index contributed by atoms with van der Waals surface area (Å²) in [5, 5.41) is 2.51. The zero-order chi connectivity index (χ0) is 29.9. The summed E-state index contributed by atoms with van der Waals surface area (Å²) < 4.78 is 60.9. The maximum atomic E-state index is 13.5. The quantitative estimate of drug-likeness (QED) is 0.476. The second kappa shape index (κ2) is 12.1. The number of ether oxygens (including phenoxy) is 3. The van der Waals surface area contributed by atoms with Crippen LogP contribution in [0.2, 0.25) is 0 Å². The Balaban J connectivity index is 1.94. The molecule has 0 unspecified atom stereocenters. The molecule has 0 aliphatic carbocycles. The van der Waals surface area contributed by atoms with E-state index in [-0.39, 0.29) is 36.0 Å². The minimum atomic E-state index is -4.67. The number of nitrogens with one attached hydrogen (secondary N) is 1. The number of amides is 2. The molecule has 12 heteroatoms. The summed E-state index contributed by atoms with van der Waals surface area (Å²) in [6, 6.07) is 4.43. The molecule has 222 valence electrons. The summed E-state index contributed by atoms with van der Waals surface area (Å²) in [6.07, 6.45) is -3.59. The van der Waals surface area contributed by atoms with Gasteiger partial charge in [0, 0.05) is 30.8 Å². The molecule has 2 aromatic rings. The highest BCUT2D eigenvalue weighted by Crippen LogP contribution is 2.33. The zero-order valence-corrected chi connectivity index (χ0v) is 24.1. The molecule has 1 fully saturated rings. The highest BCUT2D eigenvalue weighted by Gasteiger charge is 2.32. The van der Waals surface area contributed by atoms with Gasteiger partial charge in [-0.05, 0) is 51.8 Å². The normalized spacial score (nSPS) is 16.8. The lowest BCUT2D eigenvalue weighted by atomic mass is 9.92. The molecule has 0 radical (unpaired) electrons. The van der Waals surface area contributed by atoms with Crippen molar-refractivity contribution in [2.24, 2.45) is 12.0 Å². The van der Waals surface area contributed by atoms with E-state index in [0.717, 1.165) is 36.7 Å². The first-order valence-corrected chi connectivity index (χ1v) is 13.2. The molecule has 9 nitrogen and oxygen atoms in total. The van der Waals surface area contributed by atoms with Crippen LogP contribution in [0.3, 0.4) is 0 Å². The zero-order valence-electron chi connectivity index (χ0n) is 24.1. The van der Waals surface area contributed by atoms with Crippen molar-refractivity contribution >= 4 is 12.0 Å². The van der Waals surface area contributed by atoms with Crippen LogP contribution in [0, 0.1) is 0 Å². The van der Waals surface area contributed by atoms with E-state index in [9.17, 15) is 22.8 Å². The van der Waals surface area contributed by atoms with Gasteiger partial charge in [0.2, 0.25) is 0 Å². The average molecular weight is 569 g/mol. The molecule has 1 aliphatic rings. The first-order valence-electron chi connectivity index (χ1n) is 13.2. The van der Waals surface area contributed by atoms with E-state index in [1.807, 2.05) is 37.2 Å². The predicted octanol–water partition coefficient (Wildman–Crippen LogP) is 4.97. The number of halogens is 3. The van der Waals surface area contributed by atoms with E-state index < -0.39 is 29.3 Å². The van der Waals surface area contributed by atoms with Crippen LogP contribution in [0.4, 0.5) is 18.0 Å². The molecule has 1 saturated heterocycles. The van der Waals surface area contributed by atoms with Gasteiger partial charge in [-0.15, -0.1) is 0 Å². The van der Waals surface area contributed by atoms with E-state index in [1.165, 1.54) is 0 Å². The van der Waals surface area contributed by atoms with Crippen LogP contribution in [0.25, 0.3) is 0 Å². The van der Waals surface area contributed by atoms with Crippen molar-refractivity contribution in [3.05, 3.63) is 46.6 Å². The molecule has 3 rings (SSSR count). The van der Waals surface area contributed by atoms with Crippen LogP contribution >= 0.6 is 0 Å². The molecular formula is C28H39F3N4O5. The lowest BCUT2D eigenvalue weighted by molar-refractivity contribution is -0.137. The monoisotopic (exact) mass is 568 g/mol. The van der Waals surface area contributed by atoms with Gasteiger partial charge in [0.1, 0.15) is 18.0 Å². The Bertz CT molecular complexity index is 1280. The number of alkyl halides is 3. The number of nitrogens with zero attached hydrogens (tertiary/aromatic N) is 3. The van der Waals surface area contributed by atoms with Crippen LogP contribution in [0.15, 0.2) is 29.3 Å². The number of benzene rings is 1. The molecule has 2 heterocycles. The van der Waals surface area contributed by atoms with Crippen LogP contribution < -0.4 is 15.5 Å². The van der Waals surface area contributed by atoms with E-state index in [4.69, 9.17) is 14.2 Å². The second-order valence-corrected chi connectivity index (χ2v) is 11.8. The first-order chi connectivity index (χ1) is 18.5. The van der Waals surface area contributed by atoms with Gasteiger partial charge in [-0.2, -0.15) is 18.2 Å². The molecule has 2 amide bonds. The fourth-order valence-corrected chi connectivity index (χ4v) is 4.35. The van der Waals surface area contributed by atoms with Gasteiger partial charge in [0.05, 0.1) is 30.3 Å². The Morgan fingerprint density at radius 3 is 2.40 bits per heavy atom. The Hall–Kier alpha value is -3.28. The number of alkyl carbamates (subject to hydrolysis) is 1. The topological polar surface area (TPSA) is 96.1 Å². The Kier molecular flexibility index (Phi) is 9.43. The molecule has 1 N–H and O–H groups in total. The van der Waals surface area contributed by atoms with Crippen LogP contribution in [-0.4, -0.2) is 52.8 Å². The summed E-state index contributed by atoms with van der Waals surface area (Å²) >= 11 is 0. The van der Waals surface area contributed by atoms with E-state index in [2.05, 4.69) is 10.3 Å². The number of hydrogen-bond donors (Lipinski definition) is 1. The lowest BCUT2D eigenvalue weighted by Crippen LogP contribution is -2.34. The van der Waals surface area contributed by atoms with Crippen molar-refractivity contribution in [1.29, 1.82) is 0 Å². The van der Waals surface area contributed by atoms with Crippen molar-refractivity contribution in [3.8, 4) is 5.75 Å². The molecule has 1 aromatic heterocycles.